The Morgan fingerprint density at radius 1 is 0.368 bits per heavy atom. The lowest BCUT2D eigenvalue weighted by Crippen LogP contribution is -1.94. The largest absolute Gasteiger partial charge is 0.309 e. The SMILES string of the molecule is c1cc(-c2ccc(-c3ccc4sc5ccccc5c4c3)cc2)cc(-n2c3ccccc3c3ccccc32)c1. The summed E-state index contributed by atoms with van der Waals surface area (Å²) >= 11 is 1.86. The minimum atomic E-state index is 1.18. The fourth-order valence-electron chi connectivity index (χ4n) is 5.79. The highest BCUT2D eigenvalue weighted by Gasteiger charge is 2.12. The van der Waals surface area contributed by atoms with Gasteiger partial charge in [0.25, 0.3) is 0 Å². The van der Waals surface area contributed by atoms with Gasteiger partial charge < -0.3 is 4.57 Å². The maximum absolute atomic E-state index is 2.38. The van der Waals surface area contributed by atoms with Crippen LogP contribution in [0.25, 0.3) is 69.9 Å². The number of benzene rings is 6. The summed E-state index contributed by atoms with van der Waals surface area (Å²) in [6.45, 7) is 0. The van der Waals surface area contributed by atoms with Crippen LogP contribution in [0.5, 0.6) is 0 Å². The van der Waals surface area contributed by atoms with Crippen molar-refractivity contribution in [3.05, 3.63) is 140 Å². The lowest BCUT2D eigenvalue weighted by Gasteiger charge is -2.11. The Bertz CT molecular complexity index is 2070. The van der Waals surface area contributed by atoms with Crippen LogP contribution in [0.2, 0.25) is 0 Å². The number of hydrogen-bond donors (Lipinski definition) is 0. The van der Waals surface area contributed by atoms with E-state index in [0.717, 1.165) is 0 Å². The minimum absolute atomic E-state index is 1.18. The third-order valence-corrected chi connectivity index (χ3v) is 8.76. The molecule has 0 radical (unpaired) electrons. The summed E-state index contributed by atoms with van der Waals surface area (Å²) in [5, 5.41) is 5.25. The Hall–Kier alpha value is -4.66. The summed E-state index contributed by atoms with van der Waals surface area (Å²) < 4.78 is 5.06. The molecule has 0 saturated carbocycles. The van der Waals surface area contributed by atoms with Gasteiger partial charge >= 0.3 is 0 Å². The van der Waals surface area contributed by atoms with Crippen molar-refractivity contribution in [2.45, 2.75) is 0 Å². The van der Waals surface area contributed by atoms with Crippen molar-refractivity contribution >= 4 is 53.3 Å². The van der Waals surface area contributed by atoms with Gasteiger partial charge in [-0.25, -0.2) is 0 Å². The van der Waals surface area contributed by atoms with Crippen molar-refractivity contribution in [2.24, 2.45) is 0 Å². The lowest BCUT2D eigenvalue weighted by atomic mass is 9.99. The molecule has 8 aromatic rings. The van der Waals surface area contributed by atoms with Crippen molar-refractivity contribution in [2.75, 3.05) is 0 Å². The Labute approximate surface area is 224 Å². The number of aromatic nitrogens is 1. The van der Waals surface area contributed by atoms with Gasteiger partial charge in [0.2, 0.25) is 0 Å². The number of hydrogen-bond acceptors (Lipinski definition) is 1. The van der Waals surface area contributed by atoms with Crippen molar-refractivity contribution in [3.63, 3.8) is 0 Å². The van der Waals surface area contributed by atoms with Crippen LogP contribution in [0, 0.1) is 0 Å². The Morgan fingerprint density at radius 2 is 0.921 bits per heavy atom. The van der Waals surface area contributed by atoms with Crippen molar-refractivity contribution in [1.82, 2.24) is 4.57 Å². The normalized spacial score (nSPS) is 11.7. The molecular formula is C36H23NS. The van der Waals surface area contributed by atoms with Crippen LogP contribution in [0.15, 0.2) is 140 Å². The van der Waals surface area contributed by atoms with Crippen LogP contribution >= 0.6 is 11.3 Å². The summed E-state index contributed by atoms with van der Waals surface area (Å²) in [7, 11) is 0. The fourth-order valence-corrected chi connectivity index (χ4v) is 6.87. The molecule has 0 bridgehead atoms. The predicted molar refractivity (Wildman–Crippen MR) is 165 cm³/mol. The maximum atomic E-state index is 2.38. The number of thiophene rings is 1. The van der Waals surface area contributed by atoms with E-state index >= 15 is 0 Å². The molecule has 0 aliphatic heterocycles. The second kappa shape index (κ2) is 8.44. The van der Waals surface area contributed by atoms with Crippen LogP contribution in [-0.4, -0.2) is 4.57 Å². The van der Waals surface area contributed by atoms with E-state index in [9.17, 15) is 0 Å². The van der Waals surface area contributed by atoms with Gasteiger partial charge in [0.05, 0.1) is 11.0 Å². The monoisotopic (exact) mass is 501 g/mol. The summed E-state index contributed by atoms with van der Waals surface area (Å²) in [6, 6.07) is 50.7. The van der Waals surface area contributed by atoms with Crippen LogP contribution in [0.4, 0.5) is 0 Å². The van der Waals surface area contributed by atoms with E-state index in [-0.39, 0.29) is 0 Å². The van der Waals surface area contributed by atoms with Gasteiger partial charge in [-0.15, -0.1) is 11.3 Å². The van der Waals surface area contributed by atoms with Gasteiger partial charge in [-0.05, 0) is 64.7 Å². The Morgan fingerprint density at radius 3 is 1.63 bits per heavy atom. The second-order valence-corrected chi connectivity index (χ2v) is 10.9. The topological polar surface area (TPSA) is 4.93 Å². The van der Waals surface area contributed by atoms with Crippen molar-refractivity contribution in [3.8, 4) is 27.9 Å². The van der Waals surface area contributed by atoms with Gasteiger partial charge in [0, 0.05) is 36.6 Å². The van der Waals surface area contributed by atoms with E-state index < -0.39 is 0 Å². The first kappa shape index (κ1) is 21.4. The molecule has 0 unspecified atom stereocenters. The first-order chi connectivity index (χ1) is 18.8. The second-order valence-electron chi connectivity index (χ2n) is 9.81. The average Bonchev–Trinajstić information content (AvgIpc) is 3.53. The third-order valence-electron chi connectivity index (χ3n) is 7.61. The van der Waals surface area contributed by atoms with E-state index in [4.69, 9.17) is 0 Å². The standard InChI is InChI=1S/C36H23NS/c1-4-13-33-29(10-1)30-11-2-5-14-34(30)37(33)28-9-7-8-26(22-28)24-16-18-25(19-17-24)27-20-21-36-32(23-27)31-12-3-6-15-35(31)38-36/h1-23H. The molecular weight excluding hydrogens is 478 g/mol. The molecule has 178 valence electrons. The zero-order valence-corrected chi connectivity index (χ0v) is 21.5. The van der Waals surface area contributed by atoms with Crippen LogP contribution in [-0.2, 0) is 0 Å². The highest BCUT2D eigenvalue weighted by Crippen LogP contribution is 2.37. The predicted octanol–water partition coefficient (Wildman–Crippen LogP) is 10.5. The smallest absolute Gasteiger partial charge is 0.0541 e. The molecule has 0 atom stereocenters. The summed E-state index contributed by atoms with van der Waals surface area (Å²) in [5.41, 5.74) is 8.58. The lowest BCUT2D eigenvalue weighted by molar-refractivity contribution is 1.18. The molecule has 0 aliphatic rings. The van der Waals surface area contributed by atoms with E-state index in [0.29, 0.717) is 0 Å². The molecule has 2 heterocycles. The molecule has 1 nitrogen and oxygen atoms in total. The number of rotatable bonds is 3. The fraction of sp³-hybridized carbons (Fsp3) is 0. The molecule has 0 amide bonds. The highest BCUT2D eigenvalue weighted by molar-refractivity contribution is 7.25. The Kier molecular flexibility index (Phi) is 4.76. The zero-order chi connectivity index (χ0) is 25.1. The molecule has 0 saturated heterocycles. The summed E-state index contributed by atoms with van der Waals surface area (Å²) in [4.78, 5) is 0. The molecule has 0 fully saturated rings. The Balaban J connectivity index is 1.20. The molecule has 0 aliphatic carbocycles. The first-order valence-corrected chi connectivity index (χ1v) is 13.8. The minimum Gasteiger partial charge on any atom is -0.309 e. The van der Waals surface area contributed by atoms with Crippen LogP contribution in [0.3, 0.4) is 0 Å². The molecule has 0 spiro atoms. The van der Waals surface area contributed by atoms with Gasteiger partial charge in [-0.2, -0.15) is 0 Å². The highest BCUT2D eigenvalue weighted by atomic mass is 32.1. The van der Waals surface area contributed by atoms with E-state index in [1.165, 1.54) is 69.9 Å². The zero-order valence-electron chi connectivity index (χ0n) is 20.6. The van der Waals surface area contributed by atoms with E-state index in [1.54, 1.807) is 0 Å². The summed E-state index contributed by atoms with van der Waals surface area (Å²) in [5.74, 6) is 0. The van der Waals surface area contributed by atoms with Gasteiger partial charge in [0.1, 0.15) is 0 Å². The number of nitrogens with zero attached hydrogens (tertiary/aromatic N) is 1. The van der Waals surface area contributed by atoms with Crippen molar-refractivity contribution < 1.29 is 0 Å². The van der Waals surface area contributed by atoms with Crippen LogP contribution < -0.4 is 0 Å². The number of fused-ring (bicyclic) bond motifs is 6. The van der Waals surface area contributed by atoms with Gasteiger partial charge in [-0.1, -0.05) is 97.1 Å². The maximum Gasteiger partial charge on any atom is 0.0541 e. The summed E-state index contributed by atoms with van der Waals surface area (Å²) in [6.07, 6.45) is 0. The average molecular weight is 502 g/mol. The molecule has 6 aromatic carbocycles. The van der Waals surface area contributed by atoms with Crippen LogP contribution in [0.1, 0.15) is 0 Å². The molecule has 2 heteroatoms. The molecule has 38 heavy (non-hydrogen) atoms. The van der Waals surface area contributed by atoms with Gasteiger partial charge in [-0.3, -0.25) is 0 Å². The molecule has 2 aromatic heterocycles. The molecule has 0 N–H and O–H groups in total. The number of para-hydroxylation sites is 2. The van der Waals surface area contributed by atoms with Gasteiger partial charge in [0.15, 0.2) is 0 Å². The van der Waals surface area contributed by atoms with Crippen molar-refractivity contribution in [1.29, 1.82) is 0 Å². The quantitative estimate of drug-likeness (QED) is 0.227. The molecule has 8 rings (SSSR count). The van der Waals surface area contributed by atoms with E-state index in [1.807, 2.05) is 11.3 Å². The first-order valence-electron chi connectivity index (χ1n) is 12.9. The third kappa shape index (κ3) is 3.31. The van der Waals surface area contributed by atoms with E-state index in [2.05, 4.69) is 144 Å².